The van der Waals surface area contributed by atoms with E-state index in [4.69, 9.17) is 0 Å². The lowest BCUT2D eigenvalue weighted by molar-refractivity contribution is -0.139. The fraction of sp³-hybridized carbons (Fsp3) is 0.500. The Morgan fingerprint density at radius 3 is 3.00 bits per heavy atom. The van der Waals surface area contributed by atoms with Crippen LogP contribution in [-0.4, -0.2) is 18.7 Å². The Morgan fingerprint density at radius 2 is 2.56 bits per heavy atom. The summed E-state index contributed by atoms with van der Waals surface area (Å²) in [5, 5.41) is 0. The number of carbonyl (C=O) groups excluding carboxylic acids is 1. The van der Waals surface area contributed by atoms with E-state index in [2.05, 4.69) is 9.47 Å². The van der Waals surface area contributed by atoms with E-state index in [0.717, 1.165) is 0 Å². The van der Waals surface area contributed by atoms with Gasteiger partial charge >= 0.3 is 5.97 Å². The first-order valence-electron chi connectivity index (χ1n) is 2.78. The van der Waals surface area contributed by atoms with Crippen LogP contribution in [0.5, 0.6) is 0 Å². The minimum absolute atomic E-state index is 0.291. The van der Waals surface area contributed by atoms with Gasteiger partial charge in [0.15, 0.2) is 6.10 Å². The predicted molar refractivity (Wildman–Crippen MR) is 30.6 cm³/mol. The Morgan fingerprint density at radius 1 is 1.89 bits per heavy atom. The van der Waals surface area contributed by atoms with Gasteiger partial charge in [0, 0.05) is 0 Å². The van der Waals surface area contributed by atoms with Crippen LogP contribution in [0.2, 0.25) is 0 Å². The Hall–Kier alpha value is -0.830. The van der Waals surface area contributed by atoms with Crippen molar-refractivity contribution in [1.82, 2.24) is 0 Å². The molecule has 0 radical (unpaired) electrons. The normalized spacial score (nSPS) is 24.3. The number of hydrogen-bond donors (Lipinski definition) is 0. The summed E-state index contributed by atoms with van der Waals surface area (Å²) in [4.78, 5) is 10.6. The third-order valence-electron chi connectivity index (χ3n) is 0.917. The number of allylic oxidation sites excluding steroid dienone is 1. The minimum Gasteiger partial charge on any atom is -0.433 e. The number of carbonyl (C=O) groups is 1. The molecule has 1 aliphatic heterocycles. The average Bonchev–Trinajstić information content (AvgIpc) is 2.63. The van der Waals surface area contributed by atoms with E-state index in [1.54, 1.807) is 13.0 Å². The van der Waals surface area contributed by atoms with Gasteiger partial charge < -0.3 is 9.47 Å². The Kier molecular flexibility index (Phi) is 1.85. The van der Waals surface area contributed by atoms with Gasteiger partial charge in [-0.05, 0) is 6.92 Å². The number of hydrogen-bond acceptors (Lipinski definition) is 3. The number of esters is 1. The zero-order valence-electron chi connectivity index (χ0n) is 5.16. The smallest absolute Gasteiger partial charge is 0.342 e. The lowest BCUT2D eigenvalue weighted by Crippen LogP contribution is -2.06. The van der Waals surface area contributed by atoms with Crippen molar-refractivity contribution >= 4 is 5.97 Å². The molecule has 1 heterocycles. The zero-order chi connectivity index (χ0) is 6.69. The van der Waals surface area contributed by atoms with Crippen LogP contribution in [0.1, 0.15) is 6.92 Å². The molecule has 3 heteroatoms. The van der Waals surface area contributed by atoms with Crippen molar-refractivity contribution < 1.29 is 14.3 Å². The van der Waals surface area contributed by atoms with E-state index in [1.807, 2.05) is 0 Å². The second-order valence-electron chi connectivity index (χ2n) is 1.73. The molecule has 0 aromatic rings. The van der Waals surface area contributed by atoms with Crippen molar-refractivity contribution in [2.75, 3.05) is 6.61 Å². The van der Waals surface area contributed by atoms with Crippen molar-refractivity contribution in [2.45, 2.75) is 13.0 Å². The van der Waals surface area contributed by atoms with E-state index in [9.17, 15) is 4.79 Å². The number of ether oxygens (including phenoxy) is 2. The van der Waals surface area contributed by atoms with Gasteiger partial charge in [-0.15, -0.1) is 0 Å². The van der Waals surface area contributed by atoms with Crippen molar-refractivity contribution in [2.24, 2.45) is 0 Å². The quantitative estimate of drug-likeness (QED) is 0.308. The van der Waals surface area contributed by atoms with Crippen LogP contribution >= 0.6 is 0 Å². The summed E-state index contributed by atoms with van der Waals surface area (Å²) in [6.45, 7) is 2.29. The highest BCUT2D eigenvalue weighted by atomic mass is 16.6. The van der Waals surface area contributed by atoms with Gasteiger partial charge in [-0.1, -0.05) is 6.08 Å². The molecule has 0 amide bonds. The molecule has 1 saturated heterocycles. The molecule has 1 aliphatic rings. The monoisotopic (exact) mass is 128 g/mol. The van der Waals surface area contributed by atoms with Gasteiger partial charge in [-0.25, -0.2) is 4.79 Å². The summed E-state index contributed by atoms with van der Waals surface area (Å²) in [5.74, 6) is -0.298. The molecule has 9 heavy (non-hydrogen) atoms. The lowest BCUT2D eigenvalue weighted by atomic mass is 10.5. The van der Waals surface area contributed by atoms with Crippen LogP contribution in [0, 0.1) is 0 Å². The molecule has 1 atom stereocenters. The van der Waals surface area contributed by atoms with Gasteiger partial charge in [0.1, 0.15) is 0 Å². The van der Waals surface area contributed by atoms with E-state index < -0.39 is 0 Å². The van der Waals surface area contributed by atoms with Gasteiger partial charge in [0.05, 0.1) is 12.9 Å². The Labute approximate surface area is 53.3 Å². The SMILES string of the molecule is CC=COC(=O)C1CO1. The Balaban J connectivity index is 2.18. The molecule has 0 aromatic carbocycles. The Bertz CT molecular complexity index is 135. The van der Waals surface area contributed by atoms with Gasteiger partial charge in [-0.3, -0.25) is 0 Å². The molecule has 3 nitrogen and oxygen atoms in total. The summed E-state index contributed by atoms with van der Waals surface area (Å²) in [6, 6.07) is 0. The van der Waals surface area contributed by atoms with Crippen LogP contribution in [0.4, 0.5) is 0 Å². The second kappa shape index (κ2) is 2.64. The van der Waals surface area contributed by atoms with Crippen LogP contribution < -0.4 is 0 Å². The van der Waals surface area contributed by atoms with Crippen molar-refractivity contribution in [3.05, 3.63) is 12.3 Å². The molecule has 1 unspecified atom stereocenters. The maximum absolute atomic E-state index is 10.6. The first-order chi connectivity index (χ1) is 4.34. The molecule has 0 aliphatic carbocycles. The minimum atomic E-state index is -0.298. The van der Waals surface area contributed by atoms with E-state index in [-0.39, 0.29) is 12.1 Å². The summed E-state index contributed by atoms with van der Waals surface area (Å²) in [5.41, 5.74) is 0. The summed E-state index contributed by atoms with van der Waals surface area (Å²) < 4.78 is 9.23. The summed E-state index contributed by atoms with van der Waals surface area (Å²) >= 11 is 0. The summed E-state index contributed by atoms with van der Waals surface area (Å²) in [6.07, 6.45) is 2.71. The van der Waals surface area contributed by atoms with Crippen molar-refractivity contribution in [1.29, 1.82) is 0 Å². The molecule has 0 saturated carbocycles. The van der Waals surface area contributed by atoms with E-state index >= 15 is 0 Å². The zero-order valence-corrected chi connectivity index (χ0v) is 5.16. The number of epoxide rings is 1. The number of rotatable bonds is 2. The fourth-order valence-electron chi connectivity index (χ4n) is 0.395. The second-order valence-corrected chi connectivity index (χ2v) is 1.73. The maximum atomic E-state index is 10.6. The van der Waals surface area contributed by atoms with Gasteiger partial charge in [-0.2, -0.15) is 0 Å². The topological polar surface area (TPSA) is 38.8 Å². The lowest BCUT2D eigenvalue weighted by Gasteiger charge is -1.90. The maximum Gasteiger partial charge on any atom is 0.342 e. The molecular formula is C6H8O3. The highest BCUT2D eigenvalue weighted by molar-refractivity contribution is 5.77. The highest BCUT2D eigenvalue weighted by Gasteiger charge is 2.32. The van der Waals surface area contributed by atoms with Gasteiger partial charge in [0.25, 0.3) is 0 Å². The van der Waals surface area contributed by atoms with Crippen LogP contribution in [0.25, 0.3) is 0 Å². The average molecular weight is 128 g/mol. The van der Waals surface area contributed by atoms with E-state index in [1.165, 1.54) is 6.26 Å². The molecule has 1 rings (SSSR count). The largest absolute Gasteiger partial charge is 0.433 e. The highest BCUT2D eigenvalue weighted by Crippen LogP contribution is 2.10. The van der Waals surface area contributed by atoms with Gasteiger partial charge in [0.2, 0.25) is 0 Å². The van der Waals surface area contributed by atoms with Crippen LogP contribution in [0.3, 0.4) is 0 Å². The molecule has 0 bridgehead atoms. The van der Waals surface area contributed by atoms with Crippen molar-refractivity contribution in [3.63, 3.8) is 0 Å². The van der Waals surface area contributed by atoms with Crippen LogP contribution in [-0.2, 0) is 14.3 Å². The molecule has 1 fully saturated rings. The van der Waals surface area contributed by atoms with Crippen LogP contribution in [0.15, 0.2) is 12.3 Å². The third-order valence-corrected chi connectivity index (χ3v) is 0.917. The fourth-order valence-corrected chi connectivity index (χ4v) is 0.395. The predicted octanol–water partition coefficient (Wildman–Crippen LogP) is 0.462. The molecule has 0 spiro atoms. The first-order valence-corrected chi connectivity index (χ1v) is 2.78. The molecular weight excluding hydrogens is 120 g/mol. The van der Waals surface area contributed by atoms with E-state index in [0.29, 0.717) is 6.61 Å². The molecule has 0 N–H and O–H groups in total. The summed E-state index contributed by atoms with van der Waals surface area (Å²) in [7, 11) is 0. The van der Waals surface area contributed by atoms with Crippen molar-refractivity contribution in [3.8, 4) is 0 Å². The standard InChI is InChI=1S/C6H8O3/c1-2-3-8-6(7)5-4-9-5/h2-3,5H,4H2,1H3. The molecule has 50 valence electrons. The molecule has 0 aromatic heterocycles. The third kappa shape index (κ3) is 1.85. The first kappa shape index (κ1) is 6.29.